The molecule has 0 amide bonds. The van der Waals surface area contributed by atoms with Crippen molar-refractivity contribution in [3.8, 4) is 0 Å². The number of anilines is 1. The highest BCUT2D eigenvalue weighted by Gasteiger charge is 2.23. The molecule has 0 aliphatic carbocycles. The Morgan fingerprint density at radius 3 is 2.21 bits per heavy atom. The highest BCUT2D eigenvalue weighted by molar-refractivity contribution is 6.41. The van der Waals surface area contributed by atoms with E-state index in [9.17, 15) is 0 Å². The van der Waals surface area contributed by atoms with Gasteiger partial charge in [0.05, 0.1) is 15.7 Å². The summed E-state index contributed by atoms with van der Waals surface area (Å²) in [6, 6.07) is 3.79. The van der Waals surface area contributed by atoms with E-state index < -0.39 is 0 Å². The first-order chi connectivity index (χ1) is 8.97. The van der Waals surface area contributed by atoms with E-state index in [-0.39, 0.29) is 0 Å². The third-order valence-corrected chi connectivity index (χ3v) is 4.66. The summed E-state index contributed by atoms with van der Waals surface area (Å²) >= 11 is 18.3. The summed E-state index contributed by atoms with van der Waals surface area (Å²) in [6.07, 6.45) is 2.40. The largest absolute Gasteiger partial charge is 0.380 e. The number of benzene rings is 1. The number of nitrogens with zero attached hydrogens (tertiary/aromatic N) is 1. The van der Waals surface area contributed by atoms with Gasteiger partial charge in [-0.25, -0.2) is 0 Å². The zero-order valence-electron chi connectivity index (χ0n) is 11.2. The molecular weight excluding hydrogens is 303 g/mol. The Hall–Kier alpha value is -0.150. The quantitative estimate of drug-likeness (QED) is 0.861. The van der Waals surface area contributed by atoms with E-state index in [0.29, 0.717) is 27.0 Å². The van der Waals surface area contributed by atoms with Crippen LogP contribution in [0.5, 0.6) is 0 Å². The fourth-order valence-corrected chi connectivity index (χ4v) is 3.48. The Balaban J connectivity index is 2.04. The maximum Gasteiger partial charge on any atom is 0.0722 e. The van der Waals surface area contributed by atoms with Gasteiger partial charge in [0.1, 0.15) is 0 Å². The van der Waals surface area contributed by atoms with Gasteiger partial charge in [0.25, 0.3) is 0 Å². The van der Waals surface area contributed by atoms with E-state index in [1.165, 1.54) is 12.8 Å². The van der Waals surface area contributed by atoms with E-state index in [1.54, 1.807) is 12.1 Å². The van der Waals surface area contributed by atoms with Crippen molar-refractivity contribution in [1.82, 2.24) is 4.90 Å². The first-order valence-corrected chi connectivity index (χ1v) is 7.70. The molecule has 0 bridgehead atoms. The molecule has 1 unspecified atom stereocenters. The summed E-state index contributed by atoms with van der Waals surface area (Å²) in [5, 5.41) is 5.17. The third-order valence-electron chi connectivity index (χ3n) is 3.85. The van der Waals surface area contributed by atoms with Crippen LogP contribution in [0.4, 0.5) is 5.69 Å². The minimum Gasteiger partial charge on any atom is -0.380 e. The van der Waals surface area contributed by atoms with Crippen molar-refractivity contribution in [3.05, 3.63) is 27.2 Å². The Bertz CT molecular complexity index is 419. The van der Waals surface area contributed by atoms with Crippen LogP contribution in [0.2, 0.25) is 15.1 Å². The molecule has 19 heavy (non-hydrogen) atoms. The molecular formula is C14H19Cl3N2. The average Bonchev–Trinajstić information content (AvgIpc) is 2.34. The van der Waals surface area contributed by atoms with Gasteiger partial charge in [0.15, 0.2) is 0 Å². The first kappa shape index (κ1) is 15.2. The predicted molar refractivity (Wildman–Crippen MR) is 84.8 cm³/mol. The lowest BCUT2D eigenvalue weighted by molar-refractivity contribution is 0.208. The van der Waals surface area contributed by atoms with Crippen LogP contribution < -0.4 is 5.32 Å². The standard InChI is InChI=1S/C14H19Cl3N2/c1-9(10-3-5-19(2)6-4-10)18-14-12(16)7-11(15)8-13(14)17/h7-10,18H,3-6H2,1-2H3. The number of rotatable bonds is 3. The van der Waals surface area contributed by atoms with Gasteiger partial charge in [-0.1, -0.05) is 34.8 Å². The number of hydrogen-bond acceptors (Lipinski definition) is 2. The van der Waals surface area contributed by atoms with Crippen LogP contribution >= 0.6 is 34.8 Å². The van der Waals surface area contributed by atoms with Crippen molar-refractivity contribution < 1.29 is 0 Å². The number of nitrogens with one attached hydrogen (secondary N) is 1. The van der Waals surface area contributed by atoms with Gasteiger partial charge in [0, 0.05) is 11.1 Å². The summed E-state index contributed by atoms with van der Waals surface area (Å²) in [4.78, 5) is 2.37. The van der Waals surface area contributed by atoms with Crippen LogP contribution in [0.1, 0.15) is 19.8 Å². The molecule has 0 aromatic heterocycles. The Morgan fingerprint density at radius 1 is 1.16 bits per heavy atom. The maximum absolute atomic E-state index is 6.20. The second-order valence-electron chi connectivity index (χ2n) is 5.32. The van der Waals surface area contributed by atoms with Gasteiger partial charge in [0.2, 0.25) is 0 Å². The highest BCUT2D eigenvalue weighted by atomic mass is 35.5. The van der Waals surface area contributed by atoms with Crippen molar-refractivity contribution in [2.24, 2.45) is 5.92 Å². The van der Waals surface area contributed by atoms with Crippen LogP contribution in [0.3, 0.4) is 0 Å². The summed E-state index contributed by atoms with van der Waals surface area (Å²) in [7, 11) is 2.17. The Morgan fingerprint density at radius 2 is 1.68 bits per heavy atom. The monoisotopic (exact) mass is 320 g/mol. The maximum atomic E-state index is 6.20. The third kappa shape index (κ3) is 3.91. The van der Waals surface area contributed by atoms with Gasteiger partial charge in [-0.2, -0.15) is 0 Å². The fraction of sp³-hybridized carbons (Fsp3) is 0.571. The Labute approximate surface area is 130 Å². The van der Waals surface area contributed by atoms with E-state index in [0.717, 1.165) is 18.8 Å². The van der Waals surface area contributed by atoms with Crippen LogP contribution in [-0.2, 0) is 0 Å². The minimum absolute atomic E-state index is 0.352. The molecule has 1 heterocycles. The molecule has 2 nitrogen and oxygen atoms in total. The highest BCUT2D eigenvalue weighted by Crippen LogP contribution is 2.35. The van der Waals surface area contributed by atoms with Crippen molar-refractivity contribution in [1.29, 1.82) is 0 Å². The summed E-state index contributed by atoms with van der Waals surface area (Å²) in [5.74, 6) is 0.652. The Kier molecular flexibility index (Phi) is 5.24. The van der Waals surface area contributed by atoms with Crippen molar-refractivity contribution in [2.45, 2.75) is 25.8 Å². The minimum atomic E-state index is 0.352. The molecule has 1 fully saturated rings. The second-order valence-corrected chi connectivity index (χ2v) is 6.57. The van der Waals surface area contributed by atoms with Gasteiger partial charge in [-0.15, -0.1) is 0 Å². The van der Waals surface area contributed by atoms with Crippen molar-refractivity contribution in [3.63, 3.8) is 0 Å². The average molecular weight is 322 g/mol. The van der Waals surface area contributed by atoms with Gasteiger partial charge in [-0.3, -0.25) is 0 Å². The van der Waals surface area contributed by atoms with Crippen LogP contribution in [0.25, 0.3) is 0 Å². The number of halogens is 3. The lowest BCUT2D eigenvalue weighted by Crippen LogP contribution is -2.37. The summed E-state index contributed by atoms with van der Waals surface area (Å²) < 4.78 is 0. The van der Waals surface area contributed by atoms with Gasteiger partial charge >= 0.3 is 0 Å². The zero-order chi connectivity index (χ0) is 14.0. The summed E-state index contributed by atoms with van der Waals surface area (Å²) in [6.45, 7) is 4.49. The van der Waals surface area contributed by atoms with E-state index in [4.69, 9.17) is 34.8 Å². The topological polar surface area (TPSA) is 15.3 Å². The van der Waals surface area contributed by atoms with Crippen LogP contribution in [0.15, 0.2) is 12.1 Å². The molecule has 0 radical (unpaired) electrons. The molecule has 106 valence electrons. The van der Waals surface area contributed by atoms with E-state index >= 15 is 0 Å². The number of hydrogen-bond donors (Lipinski definition) is 1. The molecule has 1 aromatic carbocycles. The number of likely N-dealkylation sites (tertiary alicyclic amines) is 1. The SMILES string of the molecule is CC(Nc1c(Cl)cc(Cl)cc1Cl)C1CCN(C)CC1. The molecule has 1 saturated heterocycles. The zero-order valence-corrected chi connectivity index (χ0v) is 13.5. The molecule has 1 N–H and O–H groups in total. The van der Waals surface area contributed by atoms with Gasteiger partial charge < -0.3 is 10.2 Å². The smallest absolute Gasteiger partial charge is 0.0722 e. The van der Waals surface area contributed by atoms with E-state index in [1.807, 2.05) is 0 Å². The molecule has 0 spiro atoms. The van der Waals surface area contributed by atoms with Crippen LogP contribution in [-0.4, -0.2) is 31.1 Å². The lowest BCUT2D eigenvalue weighted by Gasteiger charge is -2.33. The molecule has 1 aliphatic heterocycles. The molecule has 1 aromatic rings. The van der Waals surface area contributed by atoms with Crippen molar-refractivity contribution in [2.75, 3.05) is 25.5 Å². The predicted octanol–water partition coefficient (Wildman–Crippen LogP) is 4.79. The molecule has 1 aliphatic rings. The van der Waals surface area contributed by atoms with E-state index in [2.05, 4.69) is 24.2 Å². The molecule has 2 rings (SSSR count). The second kappa shape index (κ2) is 6.53. The normalized spacial score (nSPS) is 19.4. The van der Waals surface area contributed by atoms with Gasteiger partial charge in [-0.05, 0) is 58.0 Å². The number of piperidine rings is 1. The fourth-order valence-electron chi connectivity index (χ4n) is 2.55. The summed E-state index contributed by atoms with van der Waals surface area (Å²) in [5.41, 5.74) is 0.791. The van der Waals surface area contributed by atoms with Crippen LogP contribution in [0, 0.1) is 5.92 Å². The molecule has 5 heteroatoms. The van der Waals surface area contributed by atoms with Crippen molar-refractivity contribution >= 4 is 40.5 Å². The molecule has 0 saturated carbocycles. The first-order valence-electron chi connectivity index (χ1n) is 6.57. The molecule has 1 atom stereocenters. The lowest BCUT2D eigenvalue weighted by atomic mass is 9.90.